The van der Waals surface area contributed by atoms with Crippen LogP contribution in [-0.2, 0) is 4.74 Å². The minimum atomic E-state index is -0.585. The topological polar surface area (TPSA) is 29.5 Å². The maximum atomic E-state index is 8.79. The Bertz CT molecular complexity index is 83.1. The molecule has 0 bridgehead atoms. The Morgan fingerprint density at radius 3 is 2.89 bits per heavy atom. The zero-order valence-electron chi connectivity index (χ0n) is 5.38. The molecule has 0 saturated carbocycles. The van der Waals surface area contributed by atoms with E-state index in [2.05, 4.69) is 0 Å². The lowest BCUT2D eigenvalue weighted by atomic mass is 10.4. The van der Waals surface area contributed by atoms with Gasteiger partial charge in [0.25, 0.3) is 0 Å². The summed E-state index contributed by atoms with van der Waals surface area (Å²) in [6.07, 6.45) is 2.38. The molecule has 0 fully saturated rings. The van der Waals surface area contributed by atoms with Crippen molar-refractivity contribution in [2.75, 3.05) is 12.5 Å². The first-order valence-corrected chi connectivity index (χ1v) is 3.37. The van der Waals surface area contributed by atoms with Crippen LogP contribution in [0.4, 0.5) is 0 Å². The first kappa shape index (κ1) is 8.79. The molecular formula is C6H11ClO2. The van der Waals surface area contributed by atoms with E-state index in [4.69, 9.17) is 21.4 Å². The van der Waals surface area contributed by atoms with Crippen molar-refractivity contribution in [1.29, 1.82) is 0 Å². The number of rotatable bonds is 4. The predicted molar refractivity (Wildman–Crippen MR) is 37.5 cm³/mol. The summed E-state index contributed by atoms with van der Waals surface area (Å²) in [4.78, 5) is 0. The van der Waals surface area contributed by atoms with Gasteiger partial charge in [0, 0.05) is 0 Å². The fourth-order valence-corrected chi connectivity index (χ4v) is 0.397. The van der Waals surface area contributed by atoms with Crippen molar-refractivity contribution in [2.24, 2.45) is 0 Å². The molecule has 54 valence electrons. The van der Waals surface area contributed by atoms with E-state index in [0.29, 0.717) is 6.61 Å². The van der Waals surface area contributed by atoms with Gasteiger partial charge in [-0.2, -0.15) is 0 Å². The van der Waals surface area contributed by atoms with Gasteiger partial charge in [-0.05, 0) is 13.0 Å². The summed E-state index contributed by atoms with van der Waals surface area (Å²) >= 11 is 5.27. The molecule has 0 aromatic rings. The van der Waals surface area contributed by atoms with E-state index in [9.17, 15) is 0 Å². The number of hydrogen-bond acceptors (Lipinski definition) is 2. The van der Waals surface area contributed by atoms with E-state index in [1.807, 2.05) is 6.92 Å². The maximum Gasteiger partial charge on any atom is 0.0888 e. The predicted octanol–water partition coefficient (Wildman–Crippen LogP) is 1.14. The van der Waals surface area contributed by atoms with Crippen LogP contribution in [-0.4, -0.2) is 23.7 Å². The average molecular weight is 151 g/mol. The number of halogens is 1. The van der Waals surface area contributed by atoms with Crippen molar-refractivity contribution in [3.8, 4) is 0 Å². The third kappa shape index (κ3) is 5.66. The monoisotopic (exact) mass is 150 g/mol. The SMILES string of the molecule is CCO/C=C/C(O)CCl. The van der Waals surface area contributed by atoms with Gasteiger partial charge in [-0.15, -0.1) is 11.6 Å². The Morgan fingerprint density at radius 1 is 1.78 bits per heavy atom. The maximum absolute atomic E-state index is 8.79. The molecule has 0 aliphatic carbocycles. The lowest BCUT2D eigenvalue weighted by molar-refractivity contribution is 0.229. The first-order chi connectivity index (χ1) is 4.31. The molecule has 1 unspecified atom stereocenters. The molecule has 0 spiro atoms. The minimum Gasteiger partial charge on any atom is -0.502 e. The highest BCUT2D eigenvalue weighted by Gasteiger charge is 1.91. The number of alkyl halides is 1. The second-order valence-corrected chi connectivity index (χ2v) is 1.81. The normalized spacial score (nSPS) is 14.1. The van der Waals surface area contributed by atoms with E-state index in [1.165, 1.54) is 12.3 Å². The van der Waals surface area contributed by atoms with Crippen LogP contribution in [0.15, 0.2) is 12.3 Å². The Kier molecular flexibility index (Phi) is 5.78. The van der Waals surface area contributed by atoms with Crippen molar-refractivity contribution >= 4 is 11.6 Å². The third-order valence-electron chi connectivity index (χ3n) is 0.722. The van der Waals surface area contributed by atoms with Crippen LogP contribution >= 0.6 is 11.6 Å². The lowest BCUT2D eigenvalue weighted by Gasteiger charge is -1.97. The third-order valence-corrected chi connectivity index (χ3v) is 1.04. The van der Waals surface area contributed by atoms with Crippen molar-refractivity contribution < 1.29 is 9.84 Å². The van der Waals surface area contributed by atoms with Gasteiger partial charge in [0.15, 0.2) is 0 Å². The van der Waals surface area contributed by atoms with Crippen LogP contribution in [0.25, 0.3) is 0 Å². The van der Waals surface area contributed by atoms with Gasteiger partial charge >= 0.3 is 0 Å². The second-order valence-electron chi connectivity index (χ2n) is 1.51. The molecular weight excluding hydrogens is 140 g/mol. The van der Waals surface area contributed by atoms with Crippen molar-refractivity contribution in [3.63, 3.8) is 0 Å². The summed E-state index contributed by atoms with van der Waals surface area (Å²) in [6, 6.07) is 0. The molecule has 0 amide bonds. The van der Waals surface area contributed by atoms with Gasteiger partial charge in [0.05, 0.1) is 24.9 Å². The van der Waals surface area contributed by atoms with Crippen molar-refractivity contribution in [1.82, 2.24) is 0 Å². The molecule has 3 heteroatoms. The fourth-order valence-electron chi connectivity index (χ4n) is 0.294. The molecule has 0 rings (SSSR count). The largest absolute Gasteiger partial charge is 0.502 e. The minimum absolute atomic E-state index is 0.212. The van der Waals surface area contributed by atoms with E-state index in [-0.39, 0.29) is 5.88 Å². The summed E-state index contributed by atoms with van der Waals surface area (Å²) < 4.78 is 4.81. The molecule has 0 heterocycles. The van der Waals surface area contributed by atoms with Gasteiger partial charge in [0.1, 0.15) is 0 Å². The Morgan fingerprint density at radius 2 is 2.44 bits per heavy atom. The van der Waals surface area contributed by atoms with E-state index >= 15 is 0 Å². The van der Waals surface area contributed by atoms with Gasteiger partial charge < -0.3 is 9.84 Å². The number of aliphatic hydroxyl groups excluding tert-OH is 1. The molecule has 2 nitrogen and oxygen atoms in total. The number of ether oxygens (including phenoxy) is 1. The molecule has 0 aliphatic rings. The Labute approximate surface area is 60.1 Å². The molecule has 0 aromatic heterocycles. The van der Waals surface area contributed by atoms with Crippen LogP contribution < -0.4 is 0 Å². The Hall–Kier alpha value is -0.210. The molecule has 0 saturated heterocycles. The smallest absolute Gasteiger partial charge is 0.0888 e. The van der Waals surface area contributed by atoms with Crippen LogP contribution in [0.5, 0.6) is 0 Å². The van der Waals surface area contributed by atoms with E-state index in [1.54, 1.807) is 0 Å². The number of hydrogen-bond donors (Lipinski definition) is 1. The summed E-state index contributed by atoms with van der Waals surface area (Å²) in [5.41, 5.74) is 0. The van der Waals surface area contributed by atoms with Crippen LogP contribution in [0, 0.1) is 0 Å². The van der Waals surface area contributed by atoms with Crippen LogP contribution in [0.1, 0.15) is 6.92 Å². The Balaban J connectivity index is 3.20. The van der Waals surface area contributed by atoms with Crippen molar-refractivity contribution in [2.45, 2.75) is 13.0 Å². The second kappa shape index (κ2) is 5.92. The summed E-state index contributed by atoms with van der Waals surface area (Å²) in [5, 5.41) is 8.79. The molecule has 9 heavy (non-hydrogen) atoms. The van der Waals surface area contributed by atoms with E-state index < -0.39 is 6.10 Å². The number of aliphatic hydroxyl groups is 1. The van der Waals surface area contributed by atoms with Gasteiger partial charge in [-0.25, -0.2) is 0 Å². The molecule has 1 N–H and O–H groups in total. The van der Waals surface area contributed by atoms with Gasteiger partial charge in [-0.3, -0.25) is 0 Å². The highest BCUT2D eigenvalue weighted by atomic mass is 35.5. The first-order valence-electron chi connectivity index (χ1n) is 2.83. The van der Waals surface area contributed by atoms with Crippen molar-refractivity contribution in [3.05, 3.63) is 12.3 Å². The summed E-state index contributed by atoms with van der Waals surface area (Å²) in [6.45, 7) is 2.49. The summed E-state index contributed by atoms with van der Waals surface area (Å²) in [7, 11) is 0. The van der Waals surface area contributed by atoms with Gasteiger partial charge in [-0.1, -0.05) is 0 Å². The zero-order chi connectivity index (χ0) is 7.11. The quantitative estimate of drug-likeness (QED) is 0.481. The van der Waals surface area contributed by atoms with Crippen LogP contribution in [0.2, 0.25) is 0 Å². The highest BCUT2D eigenvalue weighted by Crippen LogP contribution is 1.89. The highest BCUT2D eigenvalue weighted by molar-refractivity contribution is 6.18. The van der Waals surface area contributed by atoms with Crippen LogP contribution in [0.3, 0.4) is 0 Å². The summed E-state index contributed by atoms with van der Waals surface area (Å²) in [5.74, 6) is 0.212. The molecule has 0 radical (unpaired) electrons. The fraction of sp³-hybridized carbons (Fsp3) is 0.667. The van der Waals surface area contributed by atoms with Gasteiger partial charge in [0.2, 0.25) is 0 Å². The van der Waals surface area contributed by atoms with E-state index in [0.717, 1.165) is 0 Å². The standard InChI is InChI=1S/C6H11ClO2/c1-2-9-4-3-6(8)5-7/h3-4,6,8H,2,5H2,1H3/b4-3+. The molecule has 0 aromatic carbocycles. The zero-order valence-corrected chi connectivity index (χ0v) is 6.14. The lowest BCUT2D eigenvalue weighted by Crippen LogP contribution is -2.02. The molecule has 1 atom stereocenters. The average Bonchev–Trinajstić information content (AvgIpc) is 1.89. The molecule has 0 aliphatic heterocycles.